The Labute approximate surface area is 186 Å². The summed E-state index contributed by atoms with van der Waals surface area (Å²) in [4.78, 5) is 36.2. The lowest BCUT2D eigenvalue weighted by molar-refractivity contribution is -0.154. The standard InChI is InChI=1S/C17H19F3N6O6S/c1-9-6-5-7-10(12(27)31-4)11(9)33(29,30)16(28)25-24-13-21-14(26(2)3)23-15(22-13)32-8-17(18,19)20/h5-7H,8H2,1-4H3,(H,25,28)(H,21,22,23,24). The molecular weight excluding hydrogens is 473 g/mol. The van der Waals surface area contributed by atoms with Crippen molar-refractivity contribution in [3.05, 3.63) is 29.3 Å². The van der Waals surface area contributed by atoms with Crippen LogP contribution >= 0.6 is 0 Å². The fraction of sp³-hybridized carbons (Fsp3) is 0.353. The number of methoxy groups -OCH3 is 1. The van der Waals surface area contributed by atoms with Crippen LogP contribution in [0.5, 0.6) is 6.01 Å². The van der Waals surface area contributed by atoms with Crippen molar-refractivity contribution in [2.45, 2.75) is 18.0 Å². The zero-order chi connectivity index (χ0) is 25.0. The molecule has 1 aromatic carbocycles. The number of amides is 1. The van der Waals surface area contributed by atoms with E-state index in [9.17, 15) is 31.2 Å². The number of nitrogens with one attached hydrogen (secondary N) is 2. The number of hydrogen-bond acceptors (Lipinski definition) is 11. The van der Waals surface area contributed by atoms with Gasteiger partial charge in [-0.15, -0.1) is 0 Å². The topological polar surface area (TPSA) is 153 Å². The highest BCUT2D eigenvalue weighted by molar-refractivity contribution is 8.06. The van der Waals surface area contributed by atoms with Crippen molar-refractivity contribution in [2.24, 2.45) is 0 Å². The fourth-order valence-electron chi connectivity index (χ4n) is 2.36. The van der Waals surface area contributed by atoms with Crippen LogP contribution in [0.25, 0.3) is 0 Å². The molecule has 12 nitrogen and oxygen atoms in total. The third kappa shape index (κ3) is 6.41. The zero-order valence-corrected chi connectivity index (χ0v) is 18.5. The molecule has 1 amide bonds. The molecule has 0 saturated carbocycles. The molecule has 0 unspecified atom stereocenters. The van der Waals surface area contributed by atoms with E-state index in [2.05, 4.69) is 29.9 Å². The lowest BCUT2D eigenvalue weighted by Crippen LogP contribution is -2.36. The van der Waals surface area contributed by atoms with Gasteiger partial charge in [-0.1, -0.05) is 12.1 Å². The predicted molar refractivity (Wildman–Crippen MR) is 108 cm³/mol. The first-order valence-corrected chi connectivity index (χ1v) is 10.4. The molecule has 2 rings (SSSR count). The van der Waals surface area contributed by atoms with E-state index in [-0.39, 0.29) is 17.1 Å². The van der Waals surface area contributed by atoms with Crippen LogP contribution in [-0.4, -0.2) is 68.6 Å². The summed E-state index contributed by atoms with van der Waals surface area (Å²) in [5.41, 5.74) is 3.67. The Morgan fingerprint density at radius 1 is 1.15 bits per heavy atom. The molecule has 0 radical (unpaired) electrons. The molecule has 0 aliphatic rings. The van der Waals surface area contributed by atoms with Gasteiger partial charge < -0.3 is 14.4 Å². The first-order chi connectivity index (χ1) is 15.3. The van der Waals surface area contributed by atoms with E-state index < -0.39 is 50.7 Å². The Bertz CT molecular complexity index is 1160. The smallest absolute Gasteiger partial charge is 0.422 e. The second-order valence-electron chi connectivity index (χ2n) is 6.52. The predicted octanol–water partition coefficient (Wildman–Crippen LogP) is 1.48. The third-order valence-corrected chi connectivity index (χ3v) is 5.44. The number of benzene rings is 1. The van der Waals surface area contributed by atoms with E-state index in [0.29, 0.717) is 0 Å². The van der Waals surface area contributed by atoms with E-state index in [4.69, 9.17) is 0 Å². The molecule has 0 saturated heterocycles. The van der Waals surface area contributed by atoms with E-state index in [1.165, 1.54) is 44.1 Å². The number of hydrazine groups is 1. The fourth-order valence-corrected chi connectivity index (χ4v) is 3.66. The number of rotatable bonds is 7. The van der Waals surface area contributed by atoms with Crippen molar-refractivity contribution in [1.82, 2.24) is 20.4 Å². The number of hydrogen-bond donors (Lipinski definition) is 2. The molecule has 0 atom stereocenters. The number of anilines is 2. The molecule has 2 aromatic rings. The molecule has 0 bridgehead atoms. The number of nitrogens with zero attached hydrogens (tertiary/aromatic N) is 4. The number of aromatic nitrogens is 3. The number of halogens is 3. The van der Waals surface area contributed by atoms with Crippen molar-refractivity contribution < 1.29 is 40.7 Å². The first-order valence-electron chi connectivity index (χ1n) is 8.88. The molecule has 180 valence electrons. The minimum atomic E-state index is -4.77. The molecule has 1 heterocycles. The van der Waals surface area contributed by atoms with E-state index in [1.807, 2.05) is 5.43 Å². The summed E-state index contributed by atoms with van der Waals surface area (Å²) in [6, 6.07) is 3.23. The maximum Gasteiger partial charge on any atom is 0.422 e. The molecule has 2 N–H and O–H groups in total. The van der Waals surface area contributed by atoms with Crippen LogP contribution in [0.2, 0.25) is 0 Å². The number of sulfone groups is 1. The molecule has 0 fully saturated rings. The lowest BCUT2D eigenvalue weighted by atomic mass is 10.1. The third-order valence-electron chi connectivity index (χ3n) is 3.77. The first kappa shape index (κ1) is 25.6. The second kappa shape index (κ2) is 9.85. The van der Waals surface area contributed by atoms with Crippen LogP contribution in [-0.2, 0) is 14.6 Å². The summed E-state index contributed by atoms with van der Waals surface area (Å²) in [7, 11) is -0.772. The van der Waals surface area contributed by atoms with Gasteiger partial charge in [-0.3, -0.25) is 15.6 Å². The van der Waals surface area contributed by atoms with Crippen molar-refractivity contribution in [3.63, 3.8) is 0 Å². The number of carbonyl (C=O) groups excluding carboxylic acids is 2. The van der Waals surface area contributed by atoms with Gasteiger partial charge in [0.1, 0.15) is 0 Å². The molecule has 33 heavy (non-hydrogen) atoms. The Morgan fingerprint density at radius 2 is 1.82 bits per heavy atom. The van der Waals surface area contributed by atoms with E-state index >= 15 is 0 Å². The van der Waals surface area contributed by atoms with Gasteiger partial charge in [0.15, 0.2) is 6.61 Å². The normalized spacial score (nSPS) is 11.5. The number of ether oxygens (including phenoxy) is 2. The average molecular weight is 492 g/mol. The van der Waals surface area contributed by atoms with Gasteiger partial charge in [0.2, 0.25) is 11.9 Å². The van der Waals surface area contributed by atoms with Crippen LogP contribution < -0.4 is 20.5 Å². The van der Waals surface area contributed by atoms with Gasteiger partial charge >= 0.3 is 23.4 Å². The van der Waals surface area contributed by atoms with Gasteiger partial charge in [0.25, 0.3) is 9.84 Å². The summed E-state index contributed by atoms with van der Waals surface area (Å²) < 4.78 is 71.9. The van der Waals surface area contributed by atoms with E-state index in [1.54, 1.807) is 0 Å². The van der Waals surface area contributed by atoms with Gasteiger partial charge in [0.05, 0.1) is 17.6 Å². The van der Waals surface area contributed by atoms with Gasteiger partial charge in [-0.05, 0) is 18.6 Å². The van der Waals surface area contributed by atoms with Crippen LogP contribution in [0, 0.1) is 6.92 Å². The maximum absolute atomic E-state index is 12.8. The Hall–Kier alpha value is -3.69. The number of carbonyl (C=O) groups is 2. The Kier molecular flexibility index (Phi) is 7.63. The van der Waals surface area contributed by atoms with Crippen molar-refractivity contribution >= 4 is 32.9 Å². The van der Waals surface area contributed by atoms with Crippen molar-refractivity contribution in [3.8, 4) is 6.01 Å². The molecule has 16 heteroatoms. The van der Waals surface area contributed by atoms with E-state index in [0.717, 1.165) is 7.11 Å². The van der Waals surface area contributed by atoms with Gasteiger partial charge in [-0.2, -0.15) is 28.1 Å². The monoisotopic (exact) mass is 492 g/mol. The Morgan fingerprint density at radius 3 is 2.39 bits per heavy atom. The highest BCUT2D eigenvalue weighted by atomic mass is 32.2. The van der Waals surface area contributed by atoms with Crippen LogP contribution in [0.1, 0.15) is 15.9 Å². The summed E-state index contributed by atoms with van der Waals surface area (Å²) in [5.74, 6) is -1.63. The average Bonchev–Trinajstić information content (AvgIpc) is 2.74. The molecular formula is C17H19F3N6O6S. The Balaban J connectivity index is 2.30. The van der Waals surface area contributed by atoms with Gasteiger partial charge in [-0.25, -0.2) is 13.2 Å². The summed E-state index contributed by atoms with van der Waals surface area (Å²) in [6.45, 7) is -0.312. The van der Waals surface area contributed by atoms with Gasteiger partial charge in [0, 0.05) is 14.1 Å². The summed E-state index contributed by atoms with van der Waals surface area (Å²) in [5, 5.41) is -1.59. The van der Waals surface area contributed by atoms with Crippen LogP contribution in [0.3, 0.4) is 0 Å². The highest BCUT2D eigenvalue weighted by Gasteiger charge is 2.32. The minimum Gasteiger partial charge on any atom is -0.465 e. The number of esters is 1. The second-order valence-corrected chi connectivity index (χ2v) is 8.31. The molecule has 1 aromatic heterocycles. The SMILES string of the molecule is COC(=O)c1cccc(C)c1S(=O)(=O)C(=O)NNc1nc(OCC(F)(F)F)nc(N(C)C)n1. The maximum atomic E-state index is 12.8. The van der Waals surface area contributed by atoms with Crippen LogP contribution in [0.4, 0.5) is 29.9 Å². The highest BCUT2D eigenvalue weighted by Crippen LogP contribution is 2.23. The largest absolute Gasteiger partial charge is 0.465 e. The van der Waals surface area contributed by atoms with Crippen molar-refractivity contribution in [2.75, 3.05) is 38.1 Å². The lowest BCUT2D eigenvalue weighted by Gasteiger charge is -2.15. The van der Waals surface area contributed by atoms with Crippen LogP contribution in [0.15, 0.2) is 23.1 Å². The quantitative estimate of drug-likeness (QED) is 0.427. The number of aryl methyl sites for hydroxylation is 1. The molecule has 0 aliphatic carbocycles. The summed E-state index contributed by atoms with van der Waals surface area (Å²) in [6.07, 6.45) is -4.66. The zero-order valence-electron chi connectivity index (χ0n) is 17.7. The molecule has 0 spiro atoms. The van der Waals surface area contributed by atoms with Crippen molar-refractivity contribution in [1.29, 1.82) is 0 Å². The minimum absolute atomic E-state index is 0.103. The number of alkyl halides is 3. The molecule has 0 aliphatic heterocycles. The summed E-state index contributed by atoms with van der Waals surface area (Å²) >= 11 is 0.